The fourth-order valence-corrected chi connectivity index (χ4v) is 6.33. The Balaban J connectivity index is 1.24. The lowest BCUT2D eigenvalue weighted by Crippen LogP contribution is -1.98. The number of hydrogen-bond acceptors (Lipinski definition) is 8. The predicted molar refractivity (Wildman–Crippen MR) is 236 cm³/mol. The topological polar surface area (TPSA) is 88.5 Å². The van der Waals surface area contributed by atoms with Crippen LogP contribution in [0.3, 0.4) is 0 Å². The number of aryl methyl sites for hydroxylation is 2. The zero-order chi connectivity index (χ0) is 42.1. The molecular weight excluding hydrogens is 769 g/mol. The highest BCUT2D eigenvalue weighted by Gasteiger charge is 2.18. The fourth-order valence-electron chi connectivity index (χ4n) is 6.33. The van der Waals surface area contributed by atoms with Crippen LogP contribution in [0.1, 0.15) is 55.6 Å². The summed E-state index contributed by atoms with van der Waals surface area (Å²) in [6.45, 7) is 3.94. The van der Waals surface area contributed by atoms with Gasteiger partial charge in [-0.3, -0.25) is 19.9 Å². The van der Waals surface area contributed by atoms with Gasteiger partial charge in [0.15, 0.2) is 0 Å². The first-order valence-corrected chi connectivity index (χ1v) is 19.4. The van der Waals surface area contributed by atoms with Crippen molar-refractivity contribution in [3.63, 3.8) is 0 Å². The van der Waals surface area contributed by atoms with Crippen LogP contribution in [0.4, 0.5) is 0 Å². The summed E-state index contributed by atoms with van der Waals surface area (Å²) in [6, 6.07) is 33.6. The Hall–Kier alpha value is -9.08. The SMILES string of the molecule is Cc1cc2cc(c1)Oc1cc(c(C#Cc3cccnc3)cc1C#Cc1cccnc1)Oc1cc(C)cc(c1)Oc1cc(c(C#Cc3cccnc3)cc1C#Cc1cccnc1)O2. The van der Waals surface area contributed by atoms with Crippen molar-refractivity contribution >= 4 is 0 Å². The van der Waals surface area contributed by atoms with Gasteiger partial charge in [0.05, 0.1) is 22.3 Å². The Morgan fingerprint density at radius 1 is 0.323 bits per heavy atom. The highest BCUT2D eigenvalue weighted by Crippen LogP contribution is 2.41. The van der Waals surface area contributed by atoms with Gasteiger partial charge >= 0.3 is 0 Å². The van der Waals surface area contributed by atoms with Gasteiger partial charge in [0.2, 0.25) is 0 Å². The summed E-state index contributed by atoms with van der Waals surface area (Å²) in [4.78, 5) is 16.9. The molecule has 9 rings (SSSR count). The van der Waals surface area contributed by atoms with Crippen LogP contribution >= 0.6 is 0 Å². The molecule has 4 aromatic carbocycles. The van der Waals surface area contributed by atoms with Crippen LogP contribution in [0.25, 0.3) is 0 Å². The molecule has 8 heteroatoms. The van der Waals surface area contributed by atoms with Gasteiger partial charge < -0.3 is 18.9 Å². The number of rotatable bonds is 0. The molecule has 0 saturated carbocycles. The minimum absolute atomic E-state index is 0.443. The van der Waals surface area contributed by atoms with Crippen molar-refractivity contribution in [2.75, 3.05) is 0 Å². The van der Waals surface area contributed by atoms with Gasteiger partial charge in [-0.05, 0) is 110 Å². The van der Waals surface area contributed by atoms with Gasteiger partial charge in [0.1, 0.15) is 46.0 Å². The molecule has 62 heavy (non-hydrogen) atoms. The van der Waals surface area contributed by atoms with E-state index in [2.05, 4.69) is 67.3 Å². The van der Waals surface area contributed by atoms with Crippen LogP contribution < -0.4 is 18.9 Å². The van der Waals surface area contributed by atoms with Crippen molar-refractivity contribution in [2.24, 2.45) is 0 Å². The lowest BCUT2D eigenvalue weighted by molar-refractivity contribution is 0.437. The number of nitrogens with zero attached hydrogens (tertiary/aromatic N) is 4. The van der Waals surface area contributed by atoms with Crippen LogP contribution in [-0.4, -0.2) is 19.9 Å². The molecule has 0 unspecified atom stereocenters. The van der Waals surface area contributed by atoms with E-state index in [1.807, 2.05) is 111 Å². The molecule has 0 atom stereocenters. The van der Waals surface area contributed by atoms with Crippen molar-refractivity contribution in [3.8, 4) is 93.4 Å². The summed E-state index contributed by atoms with van der Waals surface area (Å²) in [6.07, 6.45) is 13.7. The average Bonchev–Trinajstić information content (AvgIpc) is 3.28. The van der Waals surface area contributed by atoms with E-state index in [1.54, 1.807) is 61.7 Å². The molecule has 0 radical (unpaired) electrons. The Labute approximate surface area is 359 Å². The lowest BCUT2D eigenvalue weighted by atomic mass is 10.1. The molecule has 0 N–H and O–H groups in total. The number of ether oxygens (including phenoxy) is 4. The summed E-state index contributed by atoms with van der Waals surface area (Å²) in [7, 11) is 0. The van der Waals surface area contributed by atoms with Gasteiger partial charge in [-0.2, -0.15) is 0 Å². The number of aromatic nitrogens is 4. The molecule has 0 fully saturated rings. The molecule has 292 valence electrons. The van der Waals surface area contributed by atoms with E-state index in [0.717, 1.165) is 33.4 Å². The van der Waals surface area contributed by atoms with Crippen molar-refractivity contribution in [1.82, 2.24) is 19.9 Å². The average molecular weight is 801 g/mol. The number of fused-ring (bicyclic) bond motifs is 8. The monoisotopic (exact) mass is 800 g/mol. The van der Waals surface area contributed by atoms with Crippen LogP contribution in [0.5, 0.6) is 46.0 Å². The van der Waals surface area contributed by atoms with E-state index in [1.165, 1.54) is 0 Å². The lowest BCUT2D eigenvalue weighted by Gasteiger charge is -2.18. The van der Waals surface area contributed by atoms with Gasteiger partial charge in [-0.25, -0.2) is 0 Å². The van der Waals surface area contributed by atoms with Crippen molar-refractivity contribution in [3.05, 3.63) is 214 Å². The third kappa shape index (κ3) is 9.61. The van der Waals surface area contributed by atoms with Crippen LogP contribution in [0.15, 0.2) is 159 Å². The molecule has 1 aliphatic heterocycles. The molecule has 0 amide bonds. The molecule has 5 heterocycles. The molecule has 0 spiro atoms. The predicted octanol–water partition coefficient (Wildman–Crippen LogP) is 11.0. The minimum atomic E-state index is 0.443. The third-order valence-corrected chi connectivity index (χ3v) is 9.14. The van der Waals surface area contributed by atoms with E-state index in [-0.39, 0.29) is 0 Å². The third-order valence-electron chi connectivity index (χ3n) is 9.14. The first-order valence-electron chi connectivity index (χ1n) is 19.4. The Morgan fingerprint density at radius 2 is 0.597 bits per heavy atom. The van der Waals surface area contributed by atoms with Crippen LogP contribution in [0.2, 0.25) is 0 Å². The highest BCUT2D eigenvalue weighted by molar-refractivity contribution is 5.64. The minimum Gasteiger partial charge on any atom is -0.456 e. The molecule has 8 bridgehead atoms. The van der Waals surface area contributed by atoms with Gasteiger partial charge in [-0.15, -0.1) is 0 Å². The van der Waals surface area contributed by atoms with Crippen molar-refractivity contribution in [1.29, 1.82) is 0 Å². The Kier molecular flexibility index (Phi) is 11.0. The molecule has 8 aromatic rings. The zero-order valence-corrected chi connectivity index (χ0v) is 33.4. The van der Waals surface area contributed by atoms with E-state index < -0.39 is 0 Å². The van der Waals surface area contributed by atoms with Gasteiger partial charge in [-0.1, -0.05) is 47.4 Å². The number of hydrogen-bond donors (Lipinski definition) is 0. The highest BCUT2D eigenvalue weighted by atomic mass is 16.5. The maximum absolute atomic E-state index is 6.72. The summed E-state index contributed by atoms with van der Waals surface area (Å²) < 4.78 is 26.9. The molecule has 1 aliphatic rings. The zero-order valence-electron chi connectivity index (χ0n) is 33.4. The summed E-state index contributed by atoms with van der Waals surface area (Å²) >= 11 is 0. The van der Waals surface area contributed by atoms with E-state index in [0.29, 0.717) is 68.2 Å². The van der Waals surface area contributed by atoms with E-state index >= 15 is 0 Å². The second-order valence-electron chi connectivity index (χ2n) is 14.0. The van der Waals surface area contributed by atoms with Crippen molar-refractivity contribution in [2.45, 2.75) is 13.8 Å². The largest absolute Gasteiger partial charge is 0.456 e. The Bertz CT molecular complexity index is 2800. The van der Waals surface area contributed by atoms with Gasteiger partial charge in [0.25, 0.3) is 0 Å². The second-order valence-corrected chi connectivity index (χ2v) is 14.0. The number of pyridine rings is 4. The fraction of sp³-hybridized carbons (Fsp3) is 0.0370. The normalized spacial score (nSPS) is 10.7. The number of benzene rings is 4. The molecule has 0 saturated heterocycles. The van der Waals surface area contributed by atoms with E-state index in [9.17, 15) is 0 Å². The summed E-state index contributed by atoms with van der Waals surface area (Å²) in [5.41, 5.74) is 7.06. The van der Waals surface area contributed by atoms with Crippen LogP contribution in [0, 0.1) is 61.2 Å². The smallest absolute Gasteiger partial charge is 0.146 e. The van der Waals surface area contributed by atoms with Crippen molar-refractivity contribution < 1.29 is 18.9 Å². The second kappa shape index (κ2) is 17.8. The standard InChI is InChI=1S/C54H32N4O4/c1-37-23-47-29-48(24-37)60-52-32-54(46(18-14-42-10-6-22-58-36-42)28-44(52)16-12-40-8-4-20-56-34-40)62-50-26-38(2)25-49(30-50)61-53-31-51(59-47)43(15-11-39-7-3-19-55-33-39)27-45(53)17-13-41-9-5-21-57-35-41/h3-10,19-36H,1-2H3. The maximum atomic E-state index is 6.72. The molecular formula is C54H32N4O4. The van der Waals surface area contributed by atoms with Gasteiger partial charge in [0, 0.05) is 96.1 Å². The quantitative estimate of drug-likeness (QED) is 0.140. The summed E-state index contributed by atoms with van der Waals surface area (Å²) in [5, 5.41) is 0. The van der Waals surface area contributed by atoms with E-state index in [4.69, 9.17) is 18.9 Å². The molecule has 4 aromatic heterocycles. The Morgan fingerprint density at radius 3 is 0.839 bits per heavy atom. The van der Waals surface area contributed by atoms with Crippen LogP contribution in [-0.2, 0) is 0 Å². The first kappa shape index (κ1) is 38.4. The maximum Gasteiger partial charge on any atom is 0.146 e. The molecule has 0 aliphatic carbocycles. The summed E-state index contributed by atoms with van der Waals surface area (Å²) in [5.74, 6) is 29.9. The first-order chi connectivity index (χ1) is 30.5. The molecule has 8 nitrogen and oxygen atoms in total.